The zero-order chi connectivity index (χ0) is 18.4. The third-order valence-corrected chi connectivity index (χ3v) is 8.74. The molecule has 3 aromatic rings. The van der Waals surface area contributed by atoms with Crippen LogP contribution in [-0.2, 0) is 4.79 Å². The van der Waals surface area contributed by atoms with Crippen LogP contribution in [0.1, 0.15) is 0 Å². The molecule has 0 fully saturated rings. The fourth-order valence-corrected chi connectivity index (χ4v) is 7.53. The van der Waals surface area contributed by atoms with Crippen molar-refractivity contribution in [1.29, 1.82) is 5.26 Å². The van der Waals surface area contributed by atoms with Gasteiger partial charge in [0.2, 0.25) is 0 Å². The first-order chi connectivity index (χ1) is 12.7. The largest absolute Gasteiger partial charge is 0.292 e. The minimum Gasteiger partial charge on any atom is -0.292 e. The van der Waals surface area contributed by atoms with Gasteiger partial charge in [-0.15, -0.1) is 11.6 Å². The van der Waals surface area contributed by atoms with Gasteiger partial charge in [-0.2, -0.15) is 5.26 Å². The Hall–Kier alpha value is -2.59. The van der Waals surface area contributed by atoms with E-state index in [0.717, 1.165) is 15.9 Å². The lowest BCUT2D eigenvalue weighted by atomic mass is 10.3. The van der Waals surface area contributed by atoms with Crippen LogP contribution in [0.2, 0.25) is 0 Å². The van der Waals surface area contributed by atoms with E-state index in [-0.39, 0.29) is 17.0 Å². The Morgan fingerprint density at radius 3 is 1.38 bits per heavy atom. The second kappa shape index (κ2) is 8.19. The number of nitriles is 1. The van der Waals surface area contributed by atoms with Crippen LogP contribution in [0.3, 0.4) is 0 Å². The molecular weight excluding hydrogens is 361 g/mol. The van der Waals surface area contributed by atoms with Crippen LogP contribution in [0.5, 0.6) is 0 Å². The first kappa shape index (κ1) is 18.2. The number of Topliss-reactive ketones (excluding diaryl/α,β-unsaturated/α-hetero) is 1. The summed E-state index contributed by atoms with van der Waals surface area (Å²) < 4.78 is 0. The molecule has 0 aliphatic carbocycles. The van der Waals surface area contributed by atoms with Crippen molar-refractivity contribution in [2.75, 3.05) is 5.88 Å². The van der Waals surface area contributed by atoms with Gasteiger partial charge in [0, 0.05) is 0 Å². The second-order valence-electron chi connectivity index (χ2n) is 5.69. The lowest BCUT2D eigenvalue weighted by Gasteiger charge is -2.29. The molecule has 2 nitrogen and oxygen atoms in total. The number of hydrogen-bond donors (Lipinski definition) is 0. The van der Waals surface area contributed by atoms with Gasteiger partial charge in [0.25, 0.3) is 0 Å². The third kappa shape index (κ3) is 3.13. The second-order valence-corrected chi connectivity index (χ2v) is 9.30. The average molecular weight is 378 g/mol. The molecule has 26 heavy (non-hydrogen) atoms. The third-order valence-electron chi connectivity index (χ3n) is 4.26. The van der Waals surface area contributed by atoms with Crippen LogP contribution >= 0.6 is 18.5 Å². The molecule has 0 amide bonds. The van der Waals surface area contributed by atoms with Gasteiger partial charge in [-0.25, -0.2) is 0 Å². The molecule has 0 aliphatic heterocycles. The molecule has 0 unspecified atom stereocenters. The van der Waals surface area contributed by atoms with Gasteiger partial charge in [0.05, 0.1) is 5.88 Å². The molecule has 4 heteroatoms. The summed E-state index contributed by atoms with van der Waals surface area (Å²) in [4.78, 5) is 12.7. The van der Waals surface area contributed by atoms with E-state index >= 15 is 0 Å². The van der Waals surface area contributed by atoms with Gasteiger partial charge in [-0.1, -0.05) is 91.0 Å². The van der Waals surface area contributed by atoms with E-state index in [1.807, 2.05) is 91.0 Å². The van der Waals surface area contributed by atoms with Crippen LogP contribution in [-0.4, -0.2) is 17.0 Å². The van der Waals surface area contributed by atoms with Gasteiger partial charge in [-0.05, 0) is 22.8 Å². The molecule has 0 aliphatic rings. The Bertz CT molecular complexity index is 889. The summed E-state index contributed by atoms with van der Waals surface area (Å²) in [6, 6.07) is 31.6. The molecule has 128 valence electrons. The standard InChI is InChI=1S/C22H17ClNOP/c23-16-21(25)22(17-24)26(18-10-4-1-5-11-18,19-12-6-2-7-13-19)20-14-8-3-9-15-20/h1-15H,16H2. The summed E-state index contributed by atoms with van der Waals surface area (Å²) in [7, 11) is 0. The number of carbonyl (C=O) groups is 1. The molecule has 3 rings (SSSR count). The highest BCUT2D eigenvalue weighted by atomic mass is 35.5. The summed E-state index contributed by atoms with van der Waals surface area (Å²) >= 11 is 5.89. The minimum atomic E-state index is -2.61. The number of halogens is 1. The fraction of sp³-hybridized carbons (Fsp3) is 0.0455. The molecule has 0 bridgehead atoms. The molecule has 3 aromatic carbocycles. The Labute approximate surface area is 158 Å². The van der Waals surface area contributed by atoms with Crippen molar-refractivity contribution in [1.82, 2.24) is 0 Å². The highest BCUT2D eigenvalue weighted by molar-refractivity contribution is 7.97. The number of rotatable bonds is 5. The Kier molecular flexibility index (Phi) is 5.74. The van der Waals surface area contributed by atoms with Crippen molar-refractivity contribution in [3.05, 3.63) is 91.0 Å². The molecule has 0 spiro atoms. The van der Waals surface area contributed by atoms with Crippen molar-refractivity contribution in [2.45, 2.75) is 0 Å². The van der Waals surface area contributed by atoms with Crippen molar-refractivity contribution < 1.29 is 4.79 Å². The van der Waals surface area contributed by atoms with Crippen molar-refractivity contribution in [3.63, 3.8) is 0 Å². The highest BCUT2D eigenvalue weighted by Crippen LogP contribution is 2.46. The number of hydrogen-bond acceptors (Lipinski definition) is 2. The first-order valence-electron chi connectivity index (χ1n) is 8.18. The fourth-order valence-electron chi connectivity index (χ4n) is 3.18. The summed E-state index contributed by atoms with van der Waals surface area (Å²) in [5.74, 6) is -0.531. The van der Waals surface area contributed by atoms with Crippen molar-refractivity contribution >= 4 is 45.5 Å². The number of benzene rings is 3. The molecule has 0 radical (unpaired) electrons. The molecule has 0 N–H and O–H groups in total. The summed E-state index contributed by atoms with van der Waals surface area (Å²) in [5, 5.41) is 13.1. The monoisotopic (exact) mass is 377 g/mol. The topological polar surface area (TPSA) is 40.9 Å². The van der Waals surface area contributed by atoms with E-state index in [1.54, 1.807) is 0 Å². The van der Waals surface area contributed by atoms with E-state index in [1.165, 1.54) is 0 Å². The van der Waals surface area contributed by atoms with Crippen LogP contribution in [0.15, 0.2) is 91.0 Å². The van der Waals surface area contributed by atoms with Crippen LogP contribution < -0.4 is 15.9 Å². The zero-order valence-electron chi connectivity index (χ0n) is 14.0. The summed E-state index contributed by atoms with van der Waals surface area (Å²) in [5.41, 5.74) is 0. The van der Waals surface area contributed by atoms with Crippen molar-refractivity contribution in [2.24, 2.45) is 0 Å². The number of nitrogens with zero attached hydrogens (tertiary/aromatic N) is 1. The van der Waals surface area contributed by atoms with Gasteiger partial charge in [0.15, 0.2) is 5.78 Å². The minimum absolute atomic E-state index is 0.211. The number of carbonyl (C=O) groups excluding carboxylic acids is 1. The predicted molar refractivity (Wildman–Crippen MR) is 111 cm³/mol. The molecule has 0 aromatic heterocycles. The normalized spacial score (nSPS) is 10.8. The summed E-state index contributed by atoms with van der Waals surface area (Å²) in [6.45, 7) is -2.61. The van der Waals surface area contributed by atoms with Crippen LogP contribution in [0, 0.1) is 11.3 Å². The Morgan fingerprint density at radius 2 is 1.12 bits per heavy atom. The van der Waals surface area contributed by atoms with E-state index in [2.05, 4.69) is 6.07 Å². The van der Waals surface area contributed by atoms with Crippen molar-refractivity contribution in [3.8, 4) is 6.07 Å². The quantitative estimate of drug-likeness (QED) is 0.504. The zero-order valence-corrected chi connectivity index (χ0v) is 15.7. The maximum Gasteiger partial charge on any atom is 0.189 e. The summed E-state index contributed by atoms with van der Waals surface area (Å²) in [6.07, 6.45) is 0. The predicted octanol–water partition coefficient (Wildman–Crippen LogP) is 3.48. The average Bonchev–Trinajstić information content (AvgIpc) is 2.73. The van der Waals surface area contributed by atoms with E-state index in [4.69, 9.17) is 11.6 Å². The van der Waals surface area contributed by atoms with E-state index in [9.17, 15) is 10.1 Å². The maximum absolute atomic E-state index is 12.7. The van der Waals surface area contributed by atoms with Crippen LogP contribution in [0.25, 0.3) is 0 Å². The van der Waals surface area contributed by atoms with Gasteiger partial charge in [-0.3, -0.25) is 4.79 Å². The number of alkyl halides is 1. The molecule has 0 saturated heterocycles. The molecule has 0 saturated carbocycles. The SMILES string of the molecule is N#CC(C(=O)CCl)=P(c1ccccc1)(c1ccccc1)c1ccccc1. The van der Waals surface area contributed by atoms with Gasteiger partial charge >= 0.3 is 0 Å². The smallest absolute Gasteiger partial charge is 0.189 e. The van der Waals surface area contributed by atoms with Crippen LogP contribution in [0.4, 0.5) is 0 Å². The van der Waals surface area contributed by atoms with E-state index in [0.29, 0.717) is 0 Å². The lowest BCUT2D eigenvalue weighted by Crippen LogP contribution is -2.33. The maximum atomic E-state index is 12.7. The molecular formula is C22H17ClNOP. The Balaban J connectivity index is 2.59. The molecule has 0 heterocycles. The Morgan fingerprint density at radius 1 is 0.769 bits per heavy atom. The lowest BCUT2D eigenvalue weighted by molar-refractivity contribution is -0.110. The number of ketones is 1. The van der Waals surface area contributed by atoms with Gasteiger partial charge in [0.1, 0.15) is 11.4 Å². The van der Waals surface area contributed by atoms with Gasteiger partial charge < -0.3 is 0 Å². The van der Waals surface area contributed by atoms with E-state index < -0.39 is 6.89 Å². The molecule has 0 atom stereocenters. The highest BCUT2D eigenvalue weighted by Gasteiger charge is 2.32. The first-order valence-corrected chi connectivity index (χ1v) is 10.5.